The highest BCUT2D eigenvalue weighted by Crippen LogP contribution is 2.33. The number of hydrogen-bond acceptors (Lipinski definition) is 5. The molecule has 0 radical (unpaired) electrons. The lowest BCUT2D eigenvalue weighted by Gasteiger charge is -2.13. The highest BCUT2D eigenvalue weighted by Gasteiger charge is 2.13. The van der Waals surface area contributed by atoms with Crippen LogP contribution < -0.4 is 14.8 Å². The Bertz CT molecular complexity index is 1520. The molecule has 5 aromatic rings. The first-order valence-corrected chi connectivity index (χ1v) is 12.3. The Hall–Kier alpha value is -3.38. The number of nitrogens with zero attached hydrogens (tertiary/aromatic N) is 1. The average Bonchev–Trinajstić information content (AvgIpc) is 3.30. The van der Waals surface area contributed by atoms with E-state index in [9.17, 15) is 0 Å². The van der Waals surface area contributed by atoms with Crippen molar-refractivity contribution in [3.8, 4) is 23.0 Å². The Morgan fingerprint density at radius 1 is 0.806 bits per heavy atom. The lowest BCUT2D eigenvalue weighted by atomic mass is 10.2. The molecule has 0 fully saturated rings. The summed E-state index contributed by atoms with van der Waals surface area (Å²) < 4.78 is 17.4. The highest BCUT2D eigenvalue weighted by molar-refractivity contribution is 6.36. The van der Waals surface area contributed by atoms with Gasteiger partial charge < -0.3 is 19.2 Å². The monoisotopic (exact) mass is 538 g/mol. The van der Waals surface area contributed by atoms with E-state index < -0.39 is 0 Å². The van der Waals surface area contributed by atoms with Crippen LogP contribution in [0.4, 0.5) is 5.69 Å². The average molecular weight is 540 g/mol. The zero-order valence-corrected chi connectivity index (χ0v) is 21.5. The molecule has 0 spiro atoms. The van der Waals surface area contributed by atoms with Crippen molar-refractivity contribution < 1.29 is 13.9 Å². The minimum absolute atomic E-state index is 0.423. The number of benzene rings is 4. The van der Waals surface area contributed by atoms with Crippen molar-refractivity contribution in [3.05, 3.63) is 105 Å². The fraction of sp³-hybridized carbons (Fsp3) is 0.107. The molecule has 0 unspecified atom stereocenters. The van der Waals surface area contributed by atoms with E-state index in [-0.39, 0.29) is 0 Å². The molecule has 0 amide bonds. The second kappa shape index (κ2) is 10.7. The van der Waals surface area contributed by atoms with Crippen molar-refractivity contribution in [2.75, 3.05) is 12.4 Å². The first-order valence-electron chi connectivity index (χ1n) is 11.1. The minimum Gasteiger partial charge on any atom is -0.493 e. The van der Waals surface area contributed by atoms with Crippen LogP contribution in [0.5, 0.6) is 11.5 Å². The first-order chi connectivity index (χ1) is 17.5. The number of ether oxygens (including phenoxy) is 2. The summed E-state index contributed by atoms with van der Waals surface area (Å²) in [6.45, 7) is 1.01. The quantitative estimate of drug-likeness (QED) is 0.214. The predicted molar refractivity (Wildman–Crippen MR) is 146 cm³/mol. The summed E-state index contributed by atoms with van der Waals surface area (Å²) in [5.74, 6) is 1.79. The Morgan fingerprint density at radius 3 is 2.36 bits per heavy atom. The van der Waals surface area contributed by atoms with Gasteiger partial charge >= 0.3 is 0 Å². The third-order valence-corrected chi connectivity index (χ3v) is 6.38. The molecule has 1 aromatic heterocycles. The molecular formula is C28H21Cl3N2O3. The maximum atomic E-state index is 6.31. The van der Waals surface area contributed by atoms with E-state index in [1.807, 2.05) is 60.7 Å². The number of oxazole rings is 1. The number of halogens is 3. The first kappa shape index (κ1) is 24.3. The number of hydrogen-bond donors (Lipinski definition) is 1. The fourth-order valence-corrected chi connectivity index (χ4v) is 4.32. The van der Waals surface area contributed by atoms with Crippen LogP contribution >= 0.6 is 34.8 Å². The van der Waals surface area contributed by atoms with Gasteiger partial charge in [0.05, 0.1) is 17.7 Å². The van der Waals surface area contributed by atoms with Gasteiger partial charge in [0.1, 0.15) is 12.1 Å². The van der Waals surface area contributed by atoms with Gasteiger partial charge in [-0.15, -0.1) is 0 Å². The number of rotatable bonds is 8. The summed E-state index contributed by atoms with van der Waals surface area (Å²) in [7, 11) is 1.63. The molecular weight excluding hydrogens is 519 g/mol. The van der Waals surface area contributed by atoms with E-state index in [2.05, 4.69) is 10.3 Å². The van der Waals surface area contributed by atoms with Crippen LogP contribution in [0, 0.1) is 0 Å². The summed E-state index contributed by atoms with van der Waals surface area (Å²) in [5.41, 5.74) is 5.07. The zero-order chi connectivity index (χ0) is 25.1. The zero-order valence-electron chi connectivity index (χ0n) is 19.2. The Labute approximate surface area is 223 Å². The van der Waals surface area contributed by atoms with E-state index in [0.29, 0.717) is 56.8 Å². The molecule has 0 aliphatic heterocycles. The minimum atomic E-state index is 0.423. The highest BCUT2D eigenvalue weighted by atomic mass is 35.5. The van der Waals surface area contributed by atoms with Crippen molar-refractivity contribution in [2.24, 2.45) is 0 Å². The van der Waals surface area contributed by atoms with Crippen molar-refractivity contribution in [1.29, 1.82) is 0 Å². The molecule has 0 bridgehead atoms. The number of aromatic nitrogens is 1. The molecule has 1 N–H and O–H groups in total. The van der Waals surface area contributed by atoms with Crippen LogP contribution in [0.1, 0.15) is 11.1 Å². The van der Waals surface area contributed by atoms with Crippen molar-refractivity contribution in [3.63, 3.8) is 0 Å². The second-order valence-corrected chi connectivity index (χ2v) is 9.36. The Kier molecular flexibility index (Phi) is 7.23. The van der Waals surface area contributed by atoms with Crippen LogP contribution in [0.15, 0.2) is 83.3 Å². The molecule has 4 aromatic carbocycles. The van der Waals surface area contributed by atoms with Crippen molar-refractivity contribution in [2.45, 2.75) is 13.2 Å². The molecule has 1 heterocycles. The van der Waals surface area contributed by atoms with Crippen LogP contribution in [-0.2, 0) is 13.2 Å². The topological polar surface area (TPSA) is 56.5 Å². The molecule has 182 valence electrons. The van der Waals surface area contributed by atoms with Gasteiger partial charge in [-0.05, 0) is 71.8 Å². The van der Waals surface area contributed by atoms with Crippen LogP contribution in [0.3, 0.4) is 0 Å². The lowest BCUT2D eigenvalue weighted by molar-refractivity contribution is 0.284. The second-order valence-electron chi connectivity index (χ2n) is 8.08. The predicted octanol–water partition coefficient (Wildman–Crippen LogP) is 8.65. The molecule has 0 aliphatic rings. The van der Waals surface area contributed by atoms with E-state index in [1.165, 1.54) is 0 Å². The fourth-order valence-electron chi connectivity index (χ4n) is 3.70. The number of nitrogens with one attached hydrogen (secondary N) is 1. The van der Waals surface area contributed by atoms with E-state index >= 15 is 0 Å². The van der Waals surface area contributed by atoms with Gasteiger partial charge in [-0.25, -0.2) is 4.98 Å². The van der Waals surface area contributed by atoms with E-state index in [0.717, 1.165) is 22.3 Å². The van der Waals surface area contributed by atoms with Gasteiger partial charge in [-0.1, -0.05) is 53.0 Å². The molecule has 36 heavy (non-hydrogen) atoms. The molecule has 0 saturated heterocycles. The van der Waals surface area contributed by atoms with Crippen LogP contribution in [0.2, 0.25) is 15.1 Å². The molecule has 5 nitrogen and oxygen atoms in total. The van der Waals surface area contributed by atoms with Crippen molar-refractivity contribution >= 4 is 51.6 Å². The van der Waals surface area contributed by atoms with Gasteiger partial charge in [0, 0.05) is 22.3 Å². The summed E-state index contributed by atoms with van der Waals surface area (Å²) in [6.07, 6.45) is 0. The third kappa shape index (κ3) is 5.54. The molecule has 0 saturated carbocycles. The molecule has 5 rings (SSSR count). The largest absolute Gasteiger partial charge is 0.493 e. The van der Waals surface area contributed by atoms with E-state index in [1.54, 1.807) is 25.3 Å². The summed E-state index contributed by atoms with van der Waals surface area (Å²) in [5, 5.41) is 5.16. The number of anilines is 1. The Morgan fingerprint density at radius 2 is 1.58 bits per heavy atom. The van der Waals surface area contributed by atoms with Crippen LogP contribution in [0.25, 0.3) is 22.6 Å². The number of fused-ring (bicyclic) bond motifs is 1. The summed E-state index contributed by atoms with van der Waals surface area (Å²) in [6, 6.07) is 24.4. The third-order valence-electron chi connectivity index (χ3n) is 5.58. The number of methoxy groups -OCH3 is 1. The van der Waals surface area contributed by atoms with E-state index in [4.69, 9.17) is 48.7 Å². The van der Waals surface area contributed by atoms with Gasteiger partial charge in [0.15, 0.2) is 17.1 Å². The smallest absolute Gasteiger partial charge is 0.228 e. The maximum Gasteiger partial charge on any atom is 0.228 e. The van der Waals surface area contributed by atoms with Gasteiger partial charge in [0.2, 0.25) is 5.89 Å². The van der Waals surface area contributed by atoms with Gasteiger partial charge in [-0.3, -0.25) is 0 Å². The molecule has 0 atom stereocenters. The molecule has 8 heteroatoms. The van der Waals surface area contributed by atoms with Crippen LogP contribution in [-0.4, -0.2) is 12.1 Å². The van der Waals surface area contributed by atoms with Gasteiger partial charge in [-0.2, -0.15) is 0 Å². The summed E-state index contributed by atoms with van der Waals surface area (Å²) >= 11 is 18.3. The normalized spacial score (nSPS) is 11.0. The SMILES string of the molecule is COc1cc(CNc2ccc3oc(-c4ccc(Cl)cc4Cl)nc3c2)ccc1OCc1ccc(Cl)cc1. The standard InChI is InChI=1S/C28H21Cl3N2O3/c1-34-27-12-18(4-10-26(27)35-16-17-2-5-19(29)6-3-17)15-32-21-8-11-25-24(14-21)33-28(36-25)22-9-7-20(30)13-23(22)31/h2-14,32H,15-16H2,1H3. The molecule has 0 aliphatic carbocycles. The van der Waals surface area contributed by atoms with Crippen molar-refractivity contribution in [1.82, 2.24) is 4.98 Å². The summed E-state index contributed by atoms with van der Waals surface area (Å²) in [4.78, 5) is 4.60. The van der Waals surface area contributed by atoms with Gasteiger partial charge in [0.25, 0.3) is 0 Å². The lowest BCUT2D eigenvalue weighted by Crippen LogP contribution is -2.02. The maximum absolute atomic E-state index is 6.31. The Balaban J connectivity index is 1.26.